The Morgan fingerprint density at radius 1 is 1.23 bits per heavy atom. The smallest absolute Gasteiger partial charge is 0.254 e. The van der Waals surface area contributed by atoms with Crippen molar-refractivity contribution in [3.63, 3.8) is 0 Å². The van der Waals surface area contributed by atoms with E-state index in [9.17, 15) is 15.2 Å². The van der Waals surface area contributed by atoms with E-state index in [4.69, 9.17) is 0 Å². The first-order valence-electron chi connectivity index (χ1n) is 9.27. The van der Waals surface area contributed by atoms with Gasteiger partial charge in [-0.25, -0.2) is 9.97 Å². The normalized spacial score (nSPS) is 10.5. The molecule has 0 radical (unpaired) electrons. The average molecular weight is 414 g/mol. The van der Waals surface area contributed by atoms with Crippen LogP contribution in [0.4, 0.5) is 11.5 Å². The van der Waals surface area contributed by atoms with E-state index in [1.165, 1.54) is 22.9 Å². The number of carbonyl (C=O) groups excluding carboxylic acids is 1. The summed E-state index contributed by atoms with van der Waals surface area (Å²) >= 11 is 0. The molecule has 4 aromatic rings. The van der Waals surface area contributed by atoms with Crippen LogP contribution in [0.15, 0.2) is 55.0 Å². The SMILES string of the molecule is CNC(=O)c1cc2ccccc2c(N(C)Nc2c(C#N)cnn2-c2ncccn2)c1O. The molecule has 0 aliphatic heterocycles. The molecule has 0 spiro atoms. The number of anilines is 2. The molecule has 0 bridgehead atoms. The number of aromatic hydroxyl groups is 1. The minimum atomic E-state index is -0.418. The molecule has 2 aromatic heterocycles. The van der Waals surface area contributed by atoms with Gasteiger partial charge in [-0.05, 0) is 17.5 Å². The predicted octanol–water partition coefficient (Wildman–Crippen LogP) is 2.22. The number of phenols is 1. The van der Waals surface area contributed by atoms with Gasteiger partial charge in [0.05, 0.1) is 11.8 Å². The Labute approximate surface area is 177 Å². The number of hydrogen-bond donors (Lipinski definition) is 3. The second-order valence-corrected chi connectivity index (χ2v) is 6.57. The number of fused-ring (bicyclic) bond motifs is 1. The minimum Gasteiger partial charge on any atom is -0.505 e. The van der Waals surface area contributed by atoms with Gasteiger partial charge in [-0.1, -0.05) is 24.3 Å². The third-order valence-corrected chi connectivity index (χ3v) is 4.71. The van der Waals surface area contributed by atoms with E-state index in [2.05, 4.69) is 31.9 Å². The van der Waals surface area contributed by atoms with E-state index in [-0.39, 0.29) is 22.8 Å². The summed E-state index contributed by atoms with van der Waals surface area (Å²) in [5.74, 6) is -0.0370. The maximum absolute atomic E-state index is 12.3. The van der Waals surface area contributed by atoms with Crippen molar-refractivity contribution in [3.8, 4) is 17.8 Å². The molecule has 0 aliphatic carbocycles. The van der Waals surface area contributed by atoms with Crippen molar-refractivity contribution in [2.45, 2.75) is 0 Å². The van der Waals surface area contributed by atoms with Crippen LogP contribution in [-0.4, -0.2) is 44.9 Å². The first-order valence-corrected chi connectivity index (χ1v) is 9.27. The molecular formula is C21H18N8O2. The topological polar surface area (TPSA) is 132 Å². The number of benzene rings is 2. The summed E-state index contributed by atoms with van der Waals surface area (Å²) in [5.41, 5.74) is 3.83. The predicted molar refractivity (Wildman–Crippen MR) is 115 cm³/mol. The van der Waals surface area contributed by atoms with E-state index >= 15 is 0 Å². The van der Waals surface area contributed by atoms with Gasteiger partial charge >= 0.3 is 0 Å². The summed E-state index contributed by atoms with van der Waals surface area (Å²) in [6, 6.07) is 12.7. The Bertz CT molecular complexity index is 1310. The van der Waals surface area contributed by atoms with Gasteiger partial charge in [-0.2, -0.15) is 15.0 Å². The zero-order valence-electron chi connectivity index (χ0n) is 16.7. The van der Waals surface area contributed by atoms with Crippen LogP contribution in [0, 0.1) is 11.3 Å². The Hall–Kier alpha value is -4.65. The van der Waals surface area contributed by atoms with Crippen molar-refractivity contribution in [1.29, 1.82) is 5.26 Å². The molecule has 3 N–H and O–H groups in total. The molecule has 0 saturated heterocycles. The zero-order chi connectivity index (χ0) is 22.0. The monoisotopic (exact) mass is 414 g/mol. The van der Waals surface area contributed by atoms with E-state index in [0.717, 1.165) is 5.39 Å². The highest BCUT2D eigenvalue weighted by atomic mass is 16.3. The molecule has 0 unspecified atom stereocenters. The lowest BCUT2D eigenvalue weighted by atomic mass is 10.0. The van der Waals surface area contributed by atoms with Crippen molar-refractivity contribution in [2.24, 2.45) is 0 Å². The van der Waals surface area contributed by atoms with Crippen LogP contribution in [0.3, 0.4) is 0 Å². The third kappa shape index (κ3) is 3.44. The maximum Gasteiger partial charge on any atom is 0.254 e. The summed E-state index contributed by atoms with van der Waals surface area (Å²) in [6.45, 7) is 0. The molecule has 31 heavy (non-hydrogen) atoms. The Balaban J connectivity index is 1.85. The molecule has 154 valence electrons. The molecular weight excluding hydrogens is 396 g/mol. The summed E-state index contributed by atoms with van der Waals surface area (Å²) in [6.07, 6.45) is 4.52. The largest absolute Gasteiger partial charge is 0.505 e. The number of rotatable bonds is 5. The molecule has 4 rings (SSSR count). The number of nitrogens with one attached hydrogen (secondary N) is 2. The first-order chi connectivity index (χ1) is 15.0. The molecule has 0 atom stereocenters. The molecule has 10 nitrogen and oxygen atoms in total. The van der Waals surface area contributed by atoms with Crippen LogP contribution in [0.1, 0.15) is 15.9 Å². The second-order valence-electron chi connectivity index (χ2n) is 6.57. The van der Waals surface area contributed by atoms with E-state index in [1.54, 1.807) is 31.6 Å². The van der Waals surface area contributed by atoms with Gasteiger partial charge in [-0.3, -0.25) is 15.2 Å². The van der Waals surface area contributed by atoms with Gasteiger partial charge in [0.25, 0.3) is 11.9 Å². The molecule has 1 amide bonds. The number of hydrazine groups is 1. The maximum atomic E-state index is 12.3. The summed E-state index contributed by atoms with van der Waals surface area (Å²) in [5, 5.41) is 30.2. The minimum absolute atomic E-state index is 0.130. The number of nitriles is 1. The second kappa shape index (κ2) is 8.00. The van der Waals surface area contributed by atoms with Gasteiger partial charge < -0.3 is 10.4 Å². The molecule has 2 heterocycles. The lowest BCUT2D eigenvalue weighted by Crippen LogP contribution is -2.28. The lowest BCUT2D eigenvalue weighted by Gasteiger charge is -2.25. The van der Waals surface area contributed by atoms with E-state index < -0.39 is 5.91 Å². The Morgan fingerprint density at radius 2 is 1.97 bits per heavy atom. The number of phenolic OH excluding ortho intramolecular Hbond substituents is 1. The van der Waals surface area contributed by atoms with Gasteiger partial charge in [0, 0.05) is 31.9 Å². The molecule has 0 aliphatic rings. The van der Waals surface area contributed by atoms with Crippen LogP contribution in [0.5, 0.6) is 5.75 Å². The highest BCUT2D eigenvalue weighted by Gasteiger charge is 2.22. The van der Waals surface area contributed by atoms with Crippen molar-refractivity contribution in [1.82, 2.24) is 25.1 Å². The molecule has 10 heteroatoms. The fourth-order valence-corrected chi connectivity index (χ4v) is 3.27. The van der Waals surface area contributed by atoms with Crippen molar-refractivity contribution >= 4 is 28.2 Å². The number of nitrogens with zero attached hydrogens (tertiary/aromatic N) is 6. The number of aromatic nitrogens is 4. The van der Waals surface area contributed by atoms with Crippen LogP contribution >= 0.6 is 0 Å². The van der Waals surface area contributed by atoms with Crippen molar-refractivity contribution < 1.29 is 9.90 Å². The van der Waals surface area contributed by atoms with Crippen LogP contribution < -0.4 is 15.8 Å². The van der Waals surface area contributed by atoms with Crippen LogP contribution in [0.2, 0.25) is 0 Å². The summed E-state index contributed by atoms with van der Waals surface area (Å²) < 4.78 is 1.39. The highest BCUT2D eigenvalue weighted by molar-refractivity contribution is 6.07. The standard InChI is InChI=1S/C21H18N8O2/c1-23-20(31)16-10-13-6-3-4-7-15(13)17(18(16)30)28(2)27-19-14(11-22)12-26-29(19)21-24-8-5-9-25-21/h3-10,12,27,30H,1-2H3,(H,23,31). The Kier molecular flexibility index (Phi) is 5.07. The van der Waals surface area contributed by atoms with E-state index in [1.807, 2.05) is 24.3 Å². The fraction of sp³-hybridized carbons (Fsp3) is 0.0952. The first kappa shape index (κ1) is 19.7. The average Bonchev–Trinajstić information content (AvgIpc) is 3.21. The molecule has 0 saturated carbocycles. The molecule has 2 aromatic carbocycles. The third-order valence-electron chi connectivity index (χ3n) is 4.71. The van der Waals surface area contributed by atoms with Crippen molar-refractivity contribution in [2.75, 3.05) is 24.5 Å². The van der Waals surface area contributed by atoms with Crippen LogP contribution in [-0.2, 0) is 0 Å². The zero-order valence-corrected chi connectivity index (χ0v) is 16.7. The Morgan fingerprint density at radius 3 is 2.68 bits per heavy atom. The van der Waals surface area contributed by atoms with Crippen LogP contribution in [0.25, 0.3) is 16.7 Å². The fourth-order valence-electron chi connectivity index (χ4n) is 3.27. The lowest BCUT2D eigenvalue weighted by molar-refractivity contribution is 0.0960. The van der Waals surface area contributed by atoms with Gasteiger partial charge in [0.2, 0.25) is 0 Å². The number of hydrogen-bond acceptors (Lipinski definition) is 8. The van der Waals surface area contributed by atoms with Gasteiger partial charge in [0.15, 0.2) is 11.6 Å². The van der Waals surface area contributed by atoms with Gasteiger partial charge in [0.1, 0.15) is 17.3 Å². The van der Waals surface area contributed by atoms with Gasteiger partial charge in [-0.15, -0.1) is 0 Å². The quantitative estimate of drug-likeness (QED) is 0.424. The summed E-state index contributed by atoms with van der Waals surface area (Å²) in [7, 11) is 3.16. The molecule has 0 fully saturated rings. The van der Waals surface area contributed by atoms with E-state index in [0.29, 0.717) is 16.9 Å². The number of carbonyl (C=O) groups is 1. The summed E-state index contributed by atoms with van der Waals surface area (Å²) in [4.78, 5) is 20.7. The number of amides is 1. The highest BCUT2D eigenvalue weighted by Crippen LogP contribution is 2.38. The van der Waals surface area contributed by atoms with Crippen molar-refractivity contribution in [3.05, 3.63) is 66.1 Å².